The van der Waals surface area contributed by atoms with E-state index in [1.165, 1.54) is 12.3 Å². The Morgan fingerprint density at radius 3 is 2.77 bits per heavy atom. The molecule has 0 fully saturated rings. The third-order valence-electron chi connectivity index (χ3n) is 1.88. The number of nitrogens with zero attached hydrogens (tertiary/aromatic N) is 1. The molecule has 0 saturated carbocycles. The molecule has 2 N–H and O–H groups in total. The zero-order chi connectivity index (χ0) is 9.26. The van der Waals surface area contributed by atoms with Gasteiger partial charge < -0.3 is 5.21 Å². The fourth-order valence-corrected chi connectivity index (χ4v) is 1.28. The maximum absolute atomic E-state index is 10.8. The van der Waals surface area contributed by atoms with Gasteiger partial charge in [0.25, 0.3) is 0 Å². The average molecular weight is 176 g/mol. The summed E-state index contributed by atoms with van der Waals surface area (Å²) in [5.41, 5.74) is 1.01. The van der Waals surface area contributed by atoms with Crippen molar-refractivity contribution in [2.45, 2.75) is 0 Å². The molecule has 1 atom stereocenters. The van der Waals surface area contributed by atoms with Crippen LogP contribution in [-0.4, -0.2) is 10.2 Å². The van der Waals surface area contributed by atoms with Gasteiger partial charge in [-0.15, -0.1) is 0 Å². The van der Waals surface area contributed by atoms with Crippen LogP contribution >= 0.6 is 0 Å². The number of nitrogens with one attached hydrogen (secondary N) is 1. The van der Waals surface area contributed by atoms with Crippen LogP contribution < -0.4 is 5.23 Å². The predicted molar refractivity (Wildman–Crippen MR) is 47.5 cm³/mol. The lowest BCUT2D eigenvalue weighted by molar-refractivity contribution is -0.990. The smallest absolute Gasteiger partial charge is 0.174 e. The Morgan fingerprint density at radius 1 is 1.23 bits per heavy atom. The number of rotatable bonds is 1. The van der Waals surface area contributed by atoms with Gasteiger partial charge in [0.15, 0.2) is 5.69 Å². The van der Waals surface area contributed by atoms with E-state index in [1.54, 1.807) is 18.2 Å². The summed E-state index contributed by atoms with van der Waals surface area (Å²) in [5, 5.41) is 19.4. The topological polar surface area (TPSA) is 60.6 Å². The Hall–Kier alpha value is -1.49. The van der Waals surface area contributed by atoms with Crippen molar-refractivity contribution < 1.29 is 10.4 Å². The Balaban J connectivity index is 2.76. The Bertz CT molecular complexity index is 423. The van der Waals surface area contributed by atoms with Crippen LogP contribution in [0.2, 0.25) is 0 Å². The van der Waals surface area contributed by atoms with Crippen molar-refractivity contribution >= 4 is 16.6 Å². The van der Waals surface area contributed by atoms with Crippen LogP contribution in [0.15, 0.2) is 36.5 Å². The van der Waals surface area contributed by atoms with Crippen LogP contribution in [0.4, 0.5) is 5.69 Å². The lowest BCUT2D eigenvalue weighted by Gasteiger charge is -2.12. The molecule has 13 heavy (non-hydrogen) atoms. The van der Waals surface area contributed by atoms with Crippen LogP contribution in [0.25, 0.3) is 10.9 Å². The highest BCUT2D eigenvalue weighted by Gasteiger charge is 2.05. The molecule has 0 aliphatic rings. The number of pyridine rings is 1. The van der Waals surface area contributed by atoms with Crippen molar-refractivity contribution in [3.63, 3.8) is 0 Å². The molecular weight excluding hydrogens is 168 g/mol. The fourth-order valence-electron chi connectivity index (χ4n) is 1.28. The molecule has 1 aromatic heterocycles. The number of para-hydroxylation sites is 1. The standard InChI is InChI=1S/C9H8N2O2/c12-11(13)9-5-6-10-8-4-2-1-3-7(8)9/h1-6,11-12H. The van der Waals surface area contributed by atoms with E-state index in [0.717, 1.165) is 0 Å². The molecule has 0 amide bonds. The number of hydrogen-bond acceptors (Lipinski definition) is 3. The molecule has 66 valence electrons. The normalized spacial score (nSPS) is 13.1. The Morgan fingerprint density at radius 2 is 2.00 bits per heavy atom. The predicted octanol–water partition coefficient (Wildman–Crippen LogP) is 0.638. The Labute approximate surface area is 74.6 Å². The van der Waals surface area contributed by atoms with Gasteiger partial charge in [-0.1, -0.05) is 12.1 Å². The van der Waals surface area contributed by atoms with E-state index in [2.05, 4.69) is 4.98 Å². The first-order chi connectivity index (χ1) is 6.29. The third kappa shape index (κ3) is 1.38. The molecule has 1 heterocycles. The first kappa shape index (κ1) is 8.12. The van der Waals surface area contributed by atoms with Crippen molar-refractivity contribution in [2.24, 2.45) is 0 Å². The number of fused-ring (bicyclic) bond motifs is 1. The zero-order valence-electron chi connectivity index (χ0n) is 6.77. The molecule has 0 aliphatic heterocycles. The second kappa shape index (κ2) is 3.10. The minimum absolute atomic E-state index is 0.297. The summed E-state index contributed by atoms with van der Waals surface area (Å²) in [7, 11) is 0. The van der Waals surface area contributed by atoms with Crippen molar-refractivity contribution in [2.75, 3.05) is 0 Å². The van der Waals surface area contributed by atoms with Crippen LogP contribution in [0.1, 0.15) is 0 Å². The van der Waals surface area contributed by atoms with Crippen LogP contribution in [0.5, 0.6) is 0 Å². The van der Waals surface area contributed by atoms with Gasteiger partial charge in [-0.2, -0.15) is 5.23 Å². The monoisotopic (exact) mass is 176 g/mol. The van der Waals surface area contributed by atoms with Gasteiger partial charge in [0, 0.05) is 12.3 Å². The molecule has 4 nitrogen and oxygen atoms in total. The molecule has 0 spiro atoms. The number of hydrogen-bond donors (Lipinski definition) is 2. The molecule has 4 heteroatoms. The number of benzene rings is 1. The minimum atomic E-state index is -0.918. The molecule has 1 aromatic carbocycles. The fraction of sp³-hybridized carbons (Fsp3) is 0. The number of aromatic nitrogens is 1. The lowest BCUT2D eigenvalue weighted by Crippen LogP contribution is -2.99. The average Bonchev–Trinajstić information content (AvgIpc) is 2.17. The van der Waals surface area contributed by atoms with Gasteiger partial charge >= 0.3 is 0 Å². The van der Waals surface area contributed by atoms with Gasteiger partial charge in [0.05, 0.1) is 10.9 Å². The van der Waals surface area contributed by atoms with Gasteiger partial charge in [-0.05, 0) is 12.1 Å². The summed E-state index contributed by atoms with van der Waals surface area (Å²) in [6.45, 7) is 0. The largest absolute Gasteiger partial charge is 0.595 e. The zero-order valence-corrected chi connectivity index (χ0v) is 6.77. The highest BCUT2D eigenvalue weighted by molar-refractivity contribution is 5.87. The maximum Gasteiger partial charge on any atom is 0.174 e. The first-order valence-electron chi connectivity index (χ1n) is 3.86. The molecule has 2 rings (SSSR count). The van der Waals surface area contributed by atoms with E-state index >= 15 is 0 Å². The van der Waals surface area contributed by atoms with Crippen molar-refractivity contribution in [1.82, 2.24) is 4.98 Å². The van der Waals surface area contributed by atoms with Gasteiger partial charge in [0.1, 0.15) is 0 Å². The molecular formula is C9H8N2O2. The third-order valence-corrected chi connectivity index (χ3v) is 1.88. The number of quaternary nitrogens is 1. The minimum Gasteiger partial charge on any atom is -0.595 e. The van der Waals surface area contributed by atoms with Gasteiger partial charge in [0.2, 0.25) is 0 Å². The second-order valence-corrected chi connectivity index (χ2v) is 2.68. The summed E-state index contributed by atoms with van der Waals surface area (Å²) in [6, 6.07) is 8.69. The molecule has 0 saturated heterocycles. The van der Waals surface area contributed by atoms with E-state index < -0.39 is 5.23 Å². The van der Waals surface area contributed by atoms with Gasteiger partial charge in [-0.25, -0.2) is 5.21 Å². The summed E-state index contributed by atoms with van der Waals surface area (Å²) >= 11 is 0. The molecule has 1 unspecified atom stereocenters. The maximum atomic E-state index is 10.8. The lowest BCUT2D eigenvalue weighted by atomic mass is 10.2. The van der Waals surface area contributed by atoms with Gasteiger partial charge in [-0.3, -0.25) is 4.98 Å². The highest BCUT2D eigenvalue weighted by Crippen LogP contribution is 2.16. The van der Waals surface area contributed by atoms with Crippen LogP contribution in [0, 0.1) is 5.21 Å². The van der Waals surface area contributed by atoms with Crippen molar-refractivity contribution in [3.05, 3.63) is 41.7 Å². The quantitative estimate of drug-likeness (QED) is 0.627. The van der Waals surface area contributed by atoms with Crippen LogP contribution in [-0.2, 0) is 0 Å². The van der Waals surface area contributed by atoms with E-state index in [0.29, 0.717) is 16.6 Å². The van der Waals surface area contributed by atoms with Crippen molar-refractivity contribution in [1.29, 1.82) is 0 Å². The van der Waals surface area contributed by atoms with E-state index in [4.69, 9.17) is 5.21 Å². The molecule has 2 aromatic rings. The summed E-state index contributed by atoms with van der Waals surface area (Å²) in [5.74, 6) is 0. The first-order valence-corrected chi connectivity index (χ1v) is 3.86. The van der Waals surface area contributed by atoms with E-state index in [9.17, 15) is 5.21 Å². The highest BCUT2D eigenvalue weighted by atomic mass is 16.8. The molecule has 0 radical (unpaired) electrons. The van der Waals surface area contributed by atoms with Crippen LogP contribution in [0.3, 0.4) is 0 Å². The summed E-state index contributed by atoms with van der Waals surface area (Å²) in [4.78, 5) is 4.06. The van der Waals surface area contributed by atoms with Crippen molar-refractivity contribution in [3.8, 4) is 0 Å². The second-order valence-electron chi connectivity index (χ2n) is 2.68. The molecule has 0 aliphatic carbocycles. The SMILES string of the molecule is [O-][NH+](O)c1ccnc2ccccc12. The summed E-state index contributed by atoms with van der Waals surface area (Å²) < 4.78 is 0. The Kier molecular flexibility index (Phi) is 1.94. The summed E-state index contributed by atoms with van der Waals surface area (Å²) in [6.07, 6.45) is 1.51. The van der Waals surface area contributed by atoms with E-state index in [1.807, 2.05) is 6.07 Å². The molecule has 0 bridgehead atoms. The van der Waals surface area contributed by atoms with E-state index in [-0.39, 0.29) is 0 Å².